The number of esters is 1. The summed E-state index contributed by atoms with van der Waals surface area (Å²) in [6.45, 7) is 1.95. The zero-order valence-corrected chi connectivity index (χ0v) is 16.8. The van der Waals surface area contributed by atoms with Crippen molar-refractivity contribution in [3.8, 4) is 11.5 Å². The molecule has 0 aliphatic rings. The summed E-state index contributed by atoms with van der Waals surface area (Å²) in [5, 5.41) is 2.70. The molecule has 6 heteroatoms. The van der Waals surface area contributed by atoms with Crippen molar-refractivity contribution in [2.75, 3.05) is 12.4 Å². The third-order valence-corrected chi connectivity index (χ3v) is 4.36. The van der Waals surface area contributed by atoms with Crippen LogP contribution >= 0.6 is 0 Å². The van der Waals surface area contributed by atoms with Gasteiger partial charge in [-0.15, -0.1) is 0 Å². The van der Waals surface area contributed by atoms with E-state index in [1.807, 2.05) is 30.3 Å². The Hall–Kier alpha value is -3.80. The molecule has 0 heterocycles. The number of benzene rings is 3. The number of hydrogen-bond donors (Lipinski definition) is 1. The van der Waals surface area contributed by atoms with Gasteiger partial charge < -0.3 is 19.5 Å². The number of hydrogen-bond acceptors (Lipinski definition) is 5. The van der Waals surface area contributed by atoms with Crippen LogP contribution in [-0.4, -0.2) is 25.1 Å². The zero-order chi connectivity index (χ0) is 21.3. The molecule has 30 heavy (non-hydrogen) atoms. The van der Waals surface area contributed by atoms with Crippen LogP contribution in [0.4, 0.5) is 5.69 Å². The van der Waals surface area contributed by atoms with Crippen molar-refractivity contribution in [1.82, 2.24) is 0 Å². The summed E-state index contributed by atoms with van der Waals surface area (Å²) in [6, 6.07) is 23.4. The average Bonchev–Trinajstić information content (AvgIpc) is 2.79. The molecular weight excluding hydrogens is 382 g/mol. The number of rotatable bonds is 8. The van der Waals surface area contributed by atoms with E-state index in [4.69, 9.17) is 14.2 Å². The molecule has 3 aromatic rings. The van der Waals surface area contributed by atoms with Gasteiger partial charge in [0.05, 0.1) is 18.4 Å². The normalized spacial score (nSPS) is 11.3. The average molecular weight is 405 g/mol. The first kappa shape index (κ1) is 20.9. The van der Waals surface area contributed by atoms with Crippen LogP contribution in [0.3, 0.4) is 0 Å². The Morgan fingerprint density at radius 2 is 1.57 bits per heavy atom. The van der Waals surface area contributed by atoms with E-state index >= 15 is 0 Å². The lowest BCUT2D eigenvalue weighted by molar-refractivity contribution is -0.123. The highest BCUT2D eigenvalue weighted by Gasteiger charge is 2.20. The second-order valence-corrected chi connectivity index (χ2v) is 6.54. The Bertz CT molecular complexity index is 986. The van der Waals surface area contributed by atoms with Crippen LogP contribution in [-0.2, 0) is 16.1 Å². The molecule has 0 unspecified atom stereocenters. The smallest absolute Gasteiger partial charge is 0.338 e. The molecule has 0 bridgehead atoms. The van der Waals surface area contributed by atoms with Gasteiger partial charge in [-0.3, -0.25) is 4.79 Å². The highest BCUT2D eigenvalue weighted by atomic mass is 16.5. The molecular formula is C24H23NO5. The molecule has 154 valence electrons. The lowest BCUT2D eigenvalue weighted by atomic mass is 10.2. The summed E-state index contributed by atoms with van der Waals surface area (Å²) in [4.78, 5) is 24.7. The van der Waals surface area contributed by atoms with E-state index in [1.165, 1.54) is 14.0 Å². The van der Waals surface area contributed by atoms with Crippen molar-refractivity contribution >= 4 is 17.6 Å². The van der Waals surface area contributed by atoms with Gasteiger partial charge in [0.15, 0.2) is 6.10 Å². The van der Waals surface area contributed by atoms with E-state index in [1.54, 1.807) is 48.5 Å². The molecule has 1 N–H and O–H groups in total. The van der Waals surface area contributed by atoms with Gasteiger partial charge in [0.1, 0.15) is 18.1 Å². The molecule has 0 spiro atoms. The minimum absolute atomic E-state index is 0.332. The minimum atomic E-state index is -0.976. The maximum Gasteiger partial charge on any atom is 0.338 e. The molecule has 3 aromatic carbocycles. The van der Waals surface area contributed by atoms with Crippen LogP contribution in [0.5, 0.6) is 11.5 Å². The lowest BCUT2D eigenvalue weighted by Crippen LogP contribution is -2.30. The van der Waals surface area contributed by atoms with E-state index in [2.05, 4.69) is 5.32 Å². The maximum absolute atomic E-state index is 12.4. The van der Waals surface area contributed by atoms with Gasteiger partial charge >= 0.3 is 5.97 Å². The van der Waals surface area contributed by atoms with Crippen molar-refractivity contribution in [2.45, 2.75) is 19.6 Å². The van der Waals surface area contributed by atoms with Crippen molar-refractivity contribution < 1.29 is 23.8 Å². The third kappa shape index (κ3) is 5.61. The molecule has 1 atom stereocenters. The van der Waals surface area contributed by atoms with Crippen molar-refractivity contribution in [3.63, 3.8) is 0 Å². The Labute approximate surface area is 175 Å². The number of nitrogens with one attached hydrogen (secondary N) is 1. The predicted molar refractivity (Wildman–Crippen MR) is 114 cm³/mol. The molecule has 0 aromatic heterocycles. The fraction of sp³-hybridized carbons (Fsp3) is 0.167. The first-order chi connectivity index (χ1) is 14.6. The number of para-hydroxylation sites is 2. The highest BCUT2D eigenvalue weighted by molar-refractivity contribution is 5.98. The number of anilines is 1. The van der Waals surface area contributed by atoms with Crippen LogP contribution in [0.15, 0.2) is 78.9 Å². The number of carbonyl (C=O) groups excluding carboxylic acids is 2. The van der Waals surface area contributed by atoms with E-state index < -0.39 is 18.0 Å². The van der Waals surface area contributed by atoms with E-state index in [-0.39, 0.29) is 0 Å². The predicted octanol–water partition coefficient (Wildman–Crippen LogP) is 4.46. The number of ether oxygens (including phenoxy) is 3. The van der Waals surface area contributed by atoms with Crippen molar-refractivity contribution in [3.05, 3.63) is 90.0 Å². The third-order valence-electron chi connectivity index (χ3n) is 4.36. The van der Waals surface area contributed by atoms with Crippen molar-refractivity contribution in [2.24, 2.45) is 0 Å². The zero-order valence-electron chi connectivity index (χ0n) is 16.8. The standard InChI is InChI=1S/C24H23NO5/c1-17(23(26)25-21-10-6-7-11-22(21)28-2)30-24(27)19-12-14-20(15-13-19)29-16-18-8-4-3-5-9-18/h3-15,17H,16H2,1-2H3,(H,25,26)/t17-/m0/s1. The van der Waals surface area contributed by atoms with E-state index in [0.29, 0.717) is 29.4 Å². The summed E-state index contributed by atoms with van der Waals surface area (Å²) in [6.07, 6.45) is -0.976. The molecule has 0 saturated carbocycles. The maximum atomic E-state index is 12.4. The first-order valence-corrected chi connectivity index (χ1v) is 9.48. The molecule has 1 amide bonds. The van der Waals surface area contributed by atoms with Gasteiger partial charge in [-0.25, -0.2) is 4.79 Å². The quantitative estimate of drug-likeness (QED) is 0.560. The number of carbonyl (C=O) groups is 2. The summed E-state index contributed by atoms with van der Waals surface area (Å²) in [7, 11) is 1.52. The molecule has 0 fully saturated rings. The fourth-order valence-corrected chi connectivity index (χ4v) is 2.69. The fourth-order valence-electron chi connectivity index (χ4n) is 2.69. The minimum Gasteiger partial charge on any atom is -0.495 e. The molecule has 0 radical (unpaired) electrons. The molecule has 0 aliphatic carbocycles. The van der Waals surface area contributed by atoms with Gasteiger partial charge in [-0.2, -0.15) is 0 Å². The Kier molecular flexibility index (Phi) is 7.05. The van der Waals surface area contributed by atoms with Crippen LogP contribution < -0.4 is 14.8 Å². The van der Waals surface area contributed by atoms with Gasteiger partial charge in [0, 0.05) is 0 Å². The second-order valence-electron chi connectivity index (χ2n) is 6.54. The molecule has 0 saturated heterocycles. The van der Waals surface area contributed by atoms with Gasteiger partial charge in [-0.1, -0.05) is 42.5 Å². The Morgan fingerprint density at radius 1 is 0.900 bits per heavy atom. The summed E-state index contributed by atoms with van der Waals surface area (Å²) >= 11 is 0. The first-order valence-electron chi connectivity index (χ1n) is 9.48. The lowest BCUT2D eigenvalue weighted by Gasteiger charge is -2.15. The van der Waals surface area contributed by atoms with Crippen LogP contribution in [0.1, 0.15) is 22.8 Å². The monoisotopic (exact) mass is 405 g/mol. The Balaban J connectivity index is 1.53. The SMILES string of the molecule is COc1ccccc1NC(=O)[C@H](C)OC(=O)c1ccc(OCc2ccccc2)cc1. The molecule has 3 rings (SSSR count). The Morgan fingerprint density at radius 3 is 2.27 bits per heavy atom. The summed E-state index contributed by atoms with van der Waals surface area (Å²) < 4.78 is 16.2. The highest BCUT2D eigenvalue weighted by Crippen LogP contribution is 2.23. The van der Waals surface area contributed by atoms with Crippen LogP contribution in [0.2, 0.25) is 0 Å². The molecule has 0 aliphatic heterocycles. The summed E-state index contributed by atoms with van der Waals surface area (Å²) in [5.74, 6) is 0.121. The second kappa shape index (κ2) is 10.1. The van der Waals surface area contributed by atoms with Crippen LogP contribution in [0.25, 0.3) is 0 Å². The van der Waals surface area contributed by atoms with Crippen LogP contribution in [0, 0.1) is 0 Å². The van der Waals surface area contributed by atoms with E-state index in [9.17, 15) is 9.59 Å². The van der Waals surface area contributed by atoms with Gasteiger partial charge in [0.2, 0.25) is 0 Å². The van der Waals surface area contributed by atoms with E-state index in [0.717, 1.165) is 5.56 Å². The van der Waals surface area contributed by atoms with Gasteiger partial charge in [0.25, 0.3) is 5.91 Å². The number of amides is 1. The largest absolute Gasteiger partial charge is 0.495 e. The van der Waals surface area contributed by atoms with Crippen molar-refractivity contribution in [1.29, 1.82) is 0 Å². The topological polar surface area (TPSA) is 73.9 Å². The summed E-state index contributed by atoms with van der Waals surface area (Å²) in [5.41, 5.74) is 1.89. The number of methoxy groups -OCH3 is 1. The molecule has 6 nitrogen and oxygen atoms in total. The van der Waals surface area contributed by atoms with Gasteiger partial charge in [-0.05, 0) is 48.9 Å².